The van der Waals surface area contributed by atoms with Crippen molar-refractivity contribution in [3.05, 3.63) is 28.7 Å². The molecule has 0 aromatic carbocycles. The summed E-state index contributed by atoms with van der Waals surface area (Å²) in [5.74, 6) is 0.402. The lowest BCUT2D eigenvalue weighted by Gasteiger charge is -2.31. The van der Waals surface area contributed by atoms with Crippen LogP contribution in [0.15, 0.2) is 23.1 Å². The molecule has 0 bridgehead atoms. The van der Waals surface area contributed by atoms with Crippen molar-refractivity contribution in [3.8, 4) is 0 Å². The molecule has 2 fully saturated rings. The number of anilines is 1. The summed E-state index contributed by atoms with van der Waals surface area (Å²) in [6.07, 6.45) is 4.67. The van der Waals surface area contributed by atoms with Gasteiger partial charge >= 0.3 is 0 Å². The molecule has 0 radical (unpaired) electrons. The van der Waals surface area contributed by atoms with E-state index >= 15 is 0 Å². The van der Waals surface area contributed by atoms with E-state index in [1.165, 1.54) is 17.4 Å². The van der Waals surface area contributed by atoms with Crippen molar-refractivity contribution in [2.45, 2.75) is 50.3 Å². The second-order valence-electron chi connectivity index (χ2n) is 7.61. The molecule has 0 unspecified atom stereocenters. The van der Waals surface area contributed by atoms with Crippen molar-refractivity contribution in [3.63, 3.8) is 0 Å². The highest BCUT2D eigenvalue weighted by Gasteiger charge is 2.30. The maximum atomic E-state index is 12.5. The Labute approximate surface area is 169 Å². The third kappa shape index (κ3) is 4.00. The van der Waals surface area contributed by atoms with Crippen LogP contribution in [0.5, 0.6) is 0 Å². The van der Waals surface area contributed by atoms with Gasteiger partial charge in [-0.2, -0.15) is 17.7 Å². The lowest BCUT2D eigenvalue weighted by atomic mass is 10.1. The Hall–Kier alpha value is -2.08. The van der Waals surface area contributed by atoms with Crippen molar-refractivity contribution in [2.24, 2.45) is 0 Å². The Morgan fingerprint density at radius 2 is 1.93 bits per heavy atom. The van der Waals surface area contributed by atoms with Gasteiger partial charge < -0.3 is 10.4 Å². The van der Waals surface area contributed by atoms with Gasteiger partial charge in [0.1, 0.15) is 5.65 Å². The number of nitrogens with one attached hydrogen (secondary N) is 2. The van der Waals surface area contributed by atoms with E-state index in [1.807, 2.05) is 0 Å². The van der Waals surface area contributed by atoms with Crippen LogP contribution in [0.1, 0.15) is 38.1 Å². The number of aliphatic hydroxyl groups is 1. The Morgan fingerprint density at radius 1 is 1.17 bits per heavy atom. The van der Waals surface area contributed by atoms with Gasteiger partial charge in [-0.05, 0) is 38.2 Å². The number of piperidine rings is 1. The van der Waals surface area contributed by atoms with E-state index in [2.05, 4.69) is 20.0 Å². The summed E-state index contributed by atoms with van der Waals surface area (Å²) in [5.41, 5.74) is 0.329. The number of fused-ring (bicyclic) bond motifs is 1. The van der Waals surface area contributed by atoms with Gasteiger partial charge in [-0.15, -0.1) is 0 Å². The Balaban J connectivity index is 1.56. The molecule has 2 atom stereocenters. The van der Waals surface area contributed by atoms with E-state index in [-0.39, 0.29) is 17.6 Å². The Morgan fingerprint density at radius 3 is 2.59 bits per heavy atom. The van der Waals surface area contributed by atoms with Gasteiger partial charge in [-0.25, -0.2) is 9.71 Å². The van der Waals surface area contributed by atoms with Crippen LogP contribution in [0.3, 0.4) is 0 Å². The topological polar surface area (TPSA) is 129 Å². The summed E-state index contributed by atoms with van der Waals surface area (Å²) in [7, 11) is -2.00. The first-order valence-electron chi connectivity index (χ1n) is 9.90. The first kappa shape index (κ1) is 20.2. The minimum atomic E-state index is -3.41. The highest BCUT2D eigenvalue weighted by Crippen LogP contribution is 2.31. The van der Waals surface area contributed by atoms with Gasteiger partial charge in [0, 0.05) is 43.8 Å². The van der Waals surface area contributed by atoms with Gasteiger partial charge in [0.05, 0.1) is 12.1 Å². The molecule has 1 aliphatic heterocycles. The zero-order valence-corrected chi connectivity index (χ0v) is 17.1. The number of hydrogen-bond acceptors (Lipinski definition) is 7. The number of aromatic nitrogens is 3. The molecule has 4 rings (SSSR count). The molecule has 10 nitrogen and oxygen atoms in total. The fourth-order valence-corrected chi connectivity index (χ4v) is 5.15. The SMILES string of the molecule is CNS(=O)(=O)N1CCC(Nc2ncc3ccc(=O)n([C@@H]4CCC[C@H]4O)c3n2)CC1. The normalized spacial score (nSPS) is 24.2. The van der Waals surface area contributed by atoms with E-state index in [0.29, 0.717) is 43.9 Å². The van der Waals surface area contributed by atoms with Crippen molar-refractivity contribution >= 4 is 27.2 Å². The smallest absolute Gasteiger partial charge is 0.279 e. The van der Waals surface area contributed by atoms with Crippen LogP contribution in [0, 0.1) is 0 Å². The summed E-state index contributed by atoms with van der Waals surface area (Å²) in [4.78, 5) is 21.5. The molecule has 3 heterocycles. The third-order valence-corrected chi connectivity index (χ3v) is 7.39. The number of rotatable bonds is 5. The quantitative estimate of drug-likeness (QED) is 0.628. The average molecular weight is 423 g/mol. The van der Waals surface area contributed by atoms with Crippen molar-refractivity contribution in [1.82, 2.24) is 23.6 Å². The Bertz CT molecular complexity index is 1050. The fourth-order valence-electron chi connectivity index (χ4n) is 4.20. The Kier molecular flexibility index (Phi) is 5.56. The van der Waals surface area contributed by atoms with Gasteiger partial charge in [0.25, 0.3) is 15.8 Å². The molecule has 11 heteroatoms. The van der Waals surface area contributed by atoms with E-state index in [1.54, 1.807) is 16.8 Å². The van der Waals surface area contributed by atoms with Crippen LogP contribution in [0.2, 0.25) is 0 Å². The molecule has 0 spiro atoms. The minimum Gasteiger partial charge on any atom is -0.391 e. The highest BCUT2D eigenvalue weighted by molar-refractivity contribution is 7.87. The standard InChI is InChI=1S/C18H26N6O4S/c1-19-29(27,28)23-9-7-13(8-10-23)21-18-20-11-12-5-6-16(26)24(17(12)22-18)14-3-2-4-15(14)25/h5-6,11,13-15,19,25H,2-4,7-10H2,1H3,(H,20,21,22)/t14-,15-/m1/s1. The minimum absolute atomic E-state index is 0.0386. The van der Waals surface area contributed by atoms with Crippen LogP contribution in [-0.4, -0.2) is 64.6 Å². The van der Waals surface area contributed by atoms with Crippen molar-refractivity contribution in [1.29, 1.82) is 0 Å². The van der Waals surface area contributed by atoms with Crippen LogP contribution in [-0.2, 0) is 10.2 Å². The largest absolute Gasteiger partial charge is 0.391 e. The van der Waals surface area contributed by atoms with Gasteiger partial charge in [0.2, 0.25) is 5.95 Å². The molecule has 1 aliphatic carbocycles. The summed E-state index contributed by atoms with van der Waals surface area (Å²) in [6, 6.07) is 2.95. The molecule has 0 amide bonds. The molecule has 2 aromatic rings. The number of pyridine rings is 1. The van der Waals surface area contributed by atoms with Crippen LogP contribution in [0.4, 0.5) is 5.95 Å². The monoisotopic (exact) mass is 422 g/mol. The molecule has 1 saturated carbocycles. The van der Waals surface area contributed by atoms with E-state index in [9.17, 15) is 18.3 Å². The van der Waals surface area contributed by atoms with Gasteiger partial charge in [0.15, 0.2) is 0 Å². The summed E-state index contributed by atoms with van der Waals surface area (Å²) >= 11 is 0. The number of aliphatic hydroxyl groups excluding tert-OH is 1. The molecule has 158 valence electrons. The lowest BCUT2D eigenvalue weighted by Crippen LogP contribution is -2.46. The number of nitrogens with zero attached hydrogens (tertiary/aromatic N) is 4. The predicted octanol–water partition coefficient (Wildman–Crippen LogP) is 0.218. The fraction of sp³-hybridized carbons (Fsp3) is 0.611. The van der Waals surface area contributed by atoms with Gasteiger partial charge in [-0.1, -0.05) is 0 Å². The highest BCUT2D eigenvalue weighted by atomic mass is 32.2. The van der Waals surface area contributed by atoms with Crippen LogP contribution >= 0.6 is 0 Å². The second-order valence-corrected chi connectivity index (χ2v) is 9.48. The third-order valence-electron chi connectivity index (χ3n) is 5.83. The second kappa shape index (κ2) is 7.98. The zero-order chi connectivity index (χ0) is 20.6. The number of hydrogen-bond donors (Lipinski definition) is 3. The molecule has 29 heavy (non-hydrogen) atoms. The van der Waals surface area contributed by atoms with E-state index < -0.39 is 16.3 Å². The predicted molar refractivity (Wildman–Crippen MR) is 109 cm³/mol. The first-order valence-corrected chi connectivity index (χ1v) is 11.3. The maximum Gasteiger partial charge on any atom is 0.279 e. The molecular weight excluding hydrogens is 396 g/mol. The lowest BCUT2D eigenvalue weighted by molar-refractivity contribution is 0.136. The zero-order valence-electron chi connectivity index (χ0n) is 16.3. The van der Waals surface area contributed by atoms with Crippen molar-refractivity contribution in [2.75, 3.05) is 25.5 Å². The maximum absolute atomic E-state index is 12.5. The first-order chi connectivity index (χ1) is 13.9. The molecule has 2 aliphatic rings. The molecular formula is C18H26N6O4S. The van der Waals surface area contributed by atoms with Crippen LogP contribution in [0.25, 0.3) is 11.0 Å². The molecule has 3 N–H and O–H groups in total. The molecule has 1 saturated heterocycles. The average Bonchev–Trinajstić information content (AvgIpc) is 3.13. The van der Waals surface area contributed by atoms with E-state index in [0.717, 1.165) is 18.2 Å². The summed E-state index contributed by atoms with van der Waals surface area (Å²) in [5, 5.41) is 14.3. The van der Waals surface area contributed by atoms with Gasteiger partial charge in [-0.3, -0.25) is 9.36 Å². The van der Waals surface area contributed by atoms with Crippen LogP contribution < -0.4 is 15.6 Å². The summed E-state index contributed by atoms with van der Waals surface area (Å²) < 4.78 is 29.2. The van der Waals surface area contributed by atoms with Crippen molar-refractivity contribution < 1.29 is 13.5 Å². The molecule has 2 aromatic heterocycles. The summed E-state index contributed by atoms with van der Waals surface area (Å²) in [6.45, 7) is 0.820. The van der Waals surface area contributed by atoms with E-state index in [4.69, 9.17) is 0 Å².